The van der Waals surface area contributed by atoms with Gasteiger partial charge >= 0.3 is 11.9 Å². The monoisotopic (exact) mass is 452 g/mol. The van der Waals surface area contributed by atoms with Crippen molar-refractivity contribution in [2.45, 2.75) is 51.9 Å². The van der Waals surface area contributed by atoms with Gasteiger partial charge in [0.2, 0.25) is 0 Å². The van der Waals surface area contributed by atoms with Crippen LogP contribution in [-0.2, 0) is 20.7 Å². The molecule has 0 aliphatic heterocycles. The molecule has 2 aromatic rings. The van der Waals surface area contributed by atoms with E-state index in [-0.39, 0.29) is 11.9 Å². The molecule has 2 rings (SSSR count). The van der Waals surface area contributed by atoms with Crippen LogP contribution in [0.15, 0.2) is 54.6 Å². The SMILES string of the molecule is CCCCOc1ccc(C=CC(CCCCC(=O)OC)Cc2ccc(C(=O)OC)cc2)cc1. The lowest BCUT2D eigenvalue weighted by Gasteiger charge is -2.14. The molecule has 1 atom stereocenters. The maximum Gasteiger partial charge on any atom is 0.337 e. The number of allylic oxidation sites excluding steroid dienone is 1. The van der Waals surface area contributed by atoms with Crippen molar-refractivity contribution in [3.8, 4) is 5.75 Å². The van der Waals surface area contributed by atoms with Gasteiger partial charge in [0.1, 0.15) is 5.75 Å². The Morgan fingerprint density at radius 3 is 2.27 bits per heavy atom. The molecular weight excluding hydrogens is 416 g/mol. The van der Waals surface area contributed by atoms with Gasteiger partial charge in [-0.25, -0.2) is 4.79 Å². The van der Waals surface area contributed by atoms with Crippen molar-refractivity contribution in [3.63, 3.8) is 0 Å². The molecule has 0 spiro atoms. The fraction of sp³-hybridized carbons (Fsp3) is 0.429. The molecule has 0 fully saturated rings. The molecule has 0 N–H and O–H groups in total. The van der Waals surface area contributed by atoms with Gasteiger partial charge in [0.05, 0.1) is 26.4 Å². The summed E-state index contributed by atoms with van der Waals surface area (Å²) in [5.41, 5.74) is 2.83. The second-order valence-electron chi connectivity index (χ2n) is 8.10. The lowest BCUT2D eigenvalue weighted by molar-refractivity contribution is -0.140. The van der Waals surface area contributed by atoms with Crippen LogP contribution in [0, 0.1) is 5.92 Å². The number of carbonyl (C=O) groups is 2. The third-order valence-electron chi connectivity index (χ3n) is 5.51. The summed E-state index contributed by atoms with van der Waals surface area (Å²) in [6.45, 7) is 2.89. The van der Waals surface area contributed by atoms with Crippen LogP contribution in [0.1, 0.15) is 66.9 Å². The van der Waals surface area contributed by atoms with Gasteiger partial charge in [-0.3, -0.25) is 4.79 Å². The van der Waals surface area contributed by atoms with Crippen LogP contribution in [0.25, 0.3) is 6.08 Å². The highest BCUT2D eigenvalue weighted by molar-refractivity contribution is 5.89. The Morgan fingerprint density at radius 2 is 1.64 bits per heavy atom. The van der Waals surface area contributed by atoms with E-state index in [0.717, 1.165) is 62.0 Å². The van der Waals surface area contributed by atoms with Crippen LogP contribution >= 0.6 is 0 Å². The average Bonchev–Trinajstić information content (AvgIpc) is 2.85. The minimum absolute atomic E-state index is 0.165. The number of hydrogen-bond acceptors (Lipinski definition) is 5. The van der Waals surface area contributed by atoms with Gasteiger partial charge in [-0.15, -0.1) is 0 Å². The lowest BCUT2D eigenvalue weighted by Crippen LogP contribution is -2.05. The number of benzene rings is 2. The van der Waals surface area contributed by atoms with E-state index in [1.165, 1.54) is 14.2 Å². The van der Waals surface area contributed by atoms with E-state index in [1.54, 1.807) is 12.1 Å². The zero-order valence-corrected chi connectivity index (χ0v) is 20.0. The second-order valence-corrected chi connectivity index (χ2v) is 8.10. The molecule has 0 aliphatic carbocycles. The van der Waals surface area contributed by atoms with Crippen molar-refractivity contribution >= 4 is 18.0 Å². The van der Waals surface area contributed by atoms with Crippen molar-refractivity contribution in [2.75, 3.05) is 20.8 Å². The van der Waals surface area contributed by atoms with Crippen LogP contribution in [0.5, 0.6) is 5.75 Å². The van der Waals surface area contributed by atoms with E-state index in [1.807, 2.05) is 24.3 Å². The standard InChI is InChI=1S/C28H36O5/c1-4-5-20-33-26-18-14-22(15-19-26)10-11-23(8-6-7-9-27(29)31-2)21-24-12-16-25(17-13-24)28(30)32-3/h10-19,23H,4-9,20-21H2,1-3H3. The van der Waals surface area contributed by atoms with Gasteiger partial charge in [-0.05, 0) is 67.0 Å². The molecule has 0 saturated carbocycles. The molecule has 178 valence electrons. The number of ether oxygens (including phenoxy) is 3. The van der Waals surface area contributed by atoms with Crippen molar-refractivity contribution in [3.05, 3.63) is 71.3 Å². The highest BCUT2D eigenvalue weighted by atomic mass is 16.5. The van der Waals surface area contributed by atoms with Crippen molar-refractivity contribution in [2.24, 2.45) is 5.92 Å². The fourth-order valence-corrected chi connectivity index (χ4v) is 3.50. The van der Waals surface area contributed by atoms with Crippen LogP contribution in [0.4, 0.5) is 0 Å². The Kier molecular flexibility index (Phi) is 11.8. The first-order chi connectivity index (χ1) is 16.0. The van der Waals surface area contributed by atoms with E-state index in [4.69, 9.17) is 14.2 Å². The zero-order chi connectivity index (χ0) is 23.9. The highest BCUT2D eigenvalue weighted by Crippen LogP contribution is 2.21. The summed E-state index contributed by atoms with van der Waals surface area (Å²) in [4.78, 5) is 23.1. The molecule has 0 saturated heterocycles. The Hall–Kier alpha value is -3.08. The zero-order valence-electron chi connectivity index (χ0n) is 20.0. The minimum atomic E-state index is -0.331. The molecule has 0 radical (unpaired) electrons. The lowest BCUT2D eigenvalue weighted by atomic mass is 9.92. The second kappa shape index (κ2) is 14.9. The van der Waals surface area contributed by atoms with E-state index >= 15 is 0 Å². The van der Waals surface area contributed by atoms with Crippen LogP contribution < -0.4 is 4.74 Å². The molecule has 5 nitrogen and oxygen atoms in total. The molecule has 0 heterocycles. The largest absolute Gasteiger partial charge is 0.494 e. The summed E-state index contributed by atoms with van der Waals surface area (Å²) < 4.78 is 15.3. The first-order valence-corrected chi connectivity index (χ1v) is 11.7. The Balaban J connectivity index is 2.01. The van der Waals surface area contributed by atoms with Crippen molar-refractivity contribution in [1.82, 2.24) is 0 Å². The average molecular weight is 453 g/mol. The van der Waals surface area contributed by atoms with Crippen LogP contribution in [0.2, 0.25) is 0 Å². The quantitative estimate of drug-likeness (QED) is 0.250. The predicted octanol–water partition coefficient (Wildman–Crippen LogP) is 6.26. The van der Waals surface area contributed by atoms with Gasteiger partial charge in [-0.2, -0.15) is 0 Å². The highest BCUT2D eigenvalue weighted by Gasteiger charge is 2.10. The maximum absolute atomic E-state index is 11.7. The molecule has 0 aromatic heterocycles. The molecule has 33 heavy (non-hydrogen) atoms. The smallest absolute Gasteiger partial charge is 0.337 e. The third kappa shape index (κ3) is 9.94. The number of esters is 2. The first kappa shape index (κ1) is 26.2. The summed E-state index contributed by atoms with van der Waals surface area (Å²) >= 11 is 0. The number of unbranched alkanes of at least 4 members (excludes halogenated alkanes) is 2. The van der Waals surface area contributed by atoms with Crippen molar-refractivity contribution < 1.29 is 23.8 Å². The van der Waals surface area contributed by atoms with Gasteiger partial charge in [0.15, 0.2) is 0 Å². The molecule has 0 amide bonds. The topological polar surface area (TPSA) is 61.8 Å². The summed E-state index contributed by atoms with van der Waals surface area (Å²) in [6, 6.07) is 15.7. The number of methoxy groups -OCH3 is 2. The predicted molar refractivity (Wildman–Crippen MR) is 131 cm³/mol. The fourth-order valence-electron chi connectivity index (χ4n) is 3.50. The van der Waals surface area contributed by atoms with Gasteiger partial charge in [0, 0.05) is 6.42 Å². The normalized spacial score (nSPS) is 11.8. The molecule has 0 aliphatic rings. The van der Waals surface area contributed by atoms with E-state index in [0.29, 0.717) is 17.9 Å². The summed E-state index contributed by atoms with van der Waals surface area (Å²) in [6.07, 6.45) is 10.6. The molecule has 2 aromatic carbocycles. The Bertz CT molecular complexity index is 868. The molecule has 0 bridgehead atoms. The Morgan fingerprint density at radius 1 is 0.909 bits per heavy atom. The number of carbonyl (C=O) groups excluding carboxylic acids is 2. The molecule has 1 unspecified atom stereocenters. The van der Waals surface area contributed by atoms with Crippen LogP contribution in [-0.4, -0.2) is 32.8 Å². The third-order valence-corrected chi connectivity index (χ3v) is 5.51. The van der Waals surface area contributed by atoms with Gasteiger partial charge < -0.3 is 14.2 Å². The van der Waals surface area contributed by atoms with E-state index in [9.17, 15) is 9.59 Å². The summed E-state index contributed by atoms with van der Waals surface area (Å²) in [5.74, 6) is 0.711. The number of rotatable bonds is 14. The van der Waals surface area contributed by atoms with Crippen LogP contribution in [0.3, 0.4) is 0 Å². The summed E-state index contributed by atoms with van der Waals surface area (Å²) in [7, 11) is 2.81. The van der Waals surface area contributed by atoms with Gasteiger partial charge in [0.25, 0.3) is 0 Å². The first-order valence-electron chi connectivity index (χ1n) is 11.7. The van der Waals surface area contributed by atoms with Gasteiger partial charge in [-0.1, -0.05) is 56.2 Å². The van der Waals surface area contributed by atoms with Crippen molar-refractivity contribution in [1.29, 1.82) is 0 Å². The maximum atomic E-state index is 11.7. The summed E-state index contributed by atoms with van der Waals surface area (Å²) in [5, 5.41) is 0. The molecule has 5 heteroatoms. The Labute approximate surface area is 197 Å². The van der Waals surface area contributed by atoms with E-state index < -0.39 is 0 Å². The minimum Gasteiger partial charge on any atom is -0.494 e. The number of hydrogen-bond donors (Lipinski definition) is 0. The van der Waals surface area contributed by atoms with E-state index in [2.05, 4.69) is 31.2 Å². The molecular formula is C28H36O5.